The molecule has 9 heteroatoms. The summed E-state index contributed by atoms with van der Waals surface area (Å²) >= 11 is 0. The highest BCUT2D eigenvalue weighted by atomic mass is 32.2. The molecule has 8 nitrogen and oxygen atoms in total. The Morgan fingerprint density at radius 1 is 1.35 bits per heavy atom. The van der Waals surface area contributed by atoms with Crippen molar-refractivity contribution in [2.75, 3.05) is 33.5 Å². The van der Waals surface area contributed by atoms with Crippen LogP contribution in [-0.2, 0) is 21.2 Å². The third-order valence-corrected chi connectivity index (χ3v) is 4.44. The number of nitrogens with zero attached hydrogens (tertiary/aromatic N) is 1. The predicted molar refractivity (Wildman–Crippen MR) is 84.1 cm³/mol. The highest BCUT2D eigenvalue weighted by molar-refractivity contribution is 7.88. The molecule has 0 spiro atoms. The molecule has 23 heavy (non-hydrogen) atoms. The Labute approximate surface area is 135 Å². The van der Waals surface area contributed by atoms with Crippen LogP contribution in [0.25, 0.3) is 0 Å². The zero-order valence-electron chi connectivity index (χ0n) is 13.2. The van der Waals surface area contributed by atoms with E-state index in [1.807, 2.05) is 0 Å². The standard InChI is InChI=1S/C14H20N2O6S/c1-16(23(3,20)21)9-13(17)15-7-6-10-4-5-11(14(18)19)8-12(10)22-2/h4-5,8H,6-7,9H2,1-3H3,(H,15,17)(H,18,19). The topological polar surface area (TPSA) is 113 Å². The molecule has 0 saturated heterocycles. The van der Waals surface area contributed by atoms with Crippen LogP contribution in [0.4, 0.5) is 0 Å². The second-order valence-electron chi connectivity index (χ2n) is 4.95. The summed E-state index contributed by atoms with van der Waals surface area (Å²) in [6, 6.07) is 4.49. The lowest BCUT2D eigenvalue weighted by Crippen LogP contribution is -2.38. The van der Waals surface area contributed by atoms with Crippen LogP contribution in [0.3, 0.4) is 0 Å². The number of nitrogens with one attached hydrogen (secondary N) is 1. The van der Waals surface area contributed by atoms with Gasteiger partial charge in [0.2, 0.25) is 15.9 Å². The second-order valence-corrected chi connectivity index (χ2v) is 7.04. The summed E-state index contributed by atoms with van der Waals surface area (Å²) < 4.78 is 28.5. The molecule has 0 aliphatic heterocycles. The van der Waals surface area contributed by atoms with E-state index in [2.05, 4.69) is 5.32 Å². The molecule has 0 atom stereocenters. The summed E-state index contributed by atoms with van der Waals surface area (Å²) in [6.45, 7) is 0.0210. The molecule has 0 fully saturated rings. The van der Waals surface area contributed by atoms with Gasteiger partial charge in [0, 0.05) is 13.6 Å². The van der Waals surface area contributed by atoms with Gasteiger partial charge in [0.1, 0.15) is 5.75 Å². The number of methoxy groups -OCH3 is 1. The molecule has 0 aliphatic carbocycles. The number of carbonyl (C=O) groups excluding carboxylic acids is 1. The van der Waals surface area contributed by atoms with Gasteiger partial charge in [-0.2, -0.15) is 4.31 Å². The Kier molecular flexibility index (Phi) is 6.52. The van der Waals surface area contributed by atoms with Gasteiger partial charge in [-0.15, -0.1) is 0 Å². The first-order chi connectivity index (χ1) is 10.6. The monoisotopic (exact) mass is 344 g/mol. The number of rotatable bonds is 8. The van der Waals surface area contributed by atoms with Crippen molar-refractivity contribution in [1.29, 1.82) is 0 Å². The number of sulfonamides is 1. The Morgan fingerprint density at radius 2 is 2.00 bits per heavy atom. The van der Waals surface area contributed by atoms with E-state index in [0.29, 0.717) is 12.2 Å². The van der Waals surface area contributed by atoms with Gasteiger partial charge in [-0.1, -0.05) is 6.07 Å². The van der Waals surface area contributed by atoms with Crippen molar-refractivity contribution in [3.05, 3.63) is 29.3 Å². The van der Waals surface area contributed by atoms with Gasteiger partial charge >= 0.3 is 5.97 Å². The fourth-order valence-corrected chi connectivity index (χ4v) is 2.15. The quantitative estimate of drug-likeness (QED) is 0.683. The molecular weight excluding hydrogens is 324 g/mol. The van der Waals surface area contributed by atoms with E-state index in [-0.39, 0.29) is 18.7 Å². The van der Waals surface area contributed by atoms with Gasteiger partial charge in [0.15, 0.2) is 0 Å². The maximum atomic E-state index is 11.7. The van der Waals surface area contributed by atoms with E-state index in [0.717, 1.165) is 16.1 Å². The predicted octanol–water partition coefficient (Wildman–Crippen LogP) is -0.0565. The van der Waals surface area contributed by atoms with E-state index in [4.69, 9.17) is 9.84 Å². The number of amides is 1. The van der Waals surface area contributed by atoms with Crippen molar-refractivity contribution in [1.82, 2.24) is 9.62 Å². The van der Waals surface area contributed by atoms with Gasteiger partial charge in [-0.3, -0.25) is 4.79 Å². The van der Waals surface area contributed by atoms with E-state index in [1.165, 1.54) is 26.3 Å². The van der Waals surface area contributed by atoms with Crippen LogP contribution in [0.5, 0.6) is 5.75 Å². The Balaban J connectivity index is 2.59. The fourth-order valence-electron chi connectivity index (χ4n) is 1.80. The minimum absolute atomic E-state index is 0.115. The van der Waals surface area contributed by atoms with Gasteiger partial charge in [-0.25, -0.2) is 13.2 Å². The second kappa shape index (κ2) is 7.93. The number of hydrogen-bond acceptors (Lipinski definition) is 5. The van der Waals surface area contributed by atoms with Crippen molar-refractivity contribution in [3.8, 4) is 5.75 Å². The number of carbonyl (C=O) groups is 2. The van der Waals surface area contributed by atoms with Gasteiger partial charge < -0.3 is 15.2 Å². The molecule has 0 unspecified atom stereocenters. The minimum Gasteiger partial charge on any atom is -0.496 e. The number of likely N-dealkylation sites (N-methyl/N-ethyl adjacent to an activating group) is 1. The summed E-state index contributed by atoms with van der Waals surface area (Å²) in [7, 11) is -0.645. The van der Waals surface area contributed by atoms with E-state index in [1.54, 1.807) is 6.07 Å². The lowest BCUT2D eigenvalue weighted by atomic mass is 10.1. The maximum Gasteiger partial charge on any atom is 0.335 e. The van der Waals surface area contributed by atoms with Crippen molar-refractivity contribution in [2.24, 2.45) is 0 Å². The molecule has 128 valence electrons. The first-order valence-electron chi connectivity index (χ1n) is 6.73. The van der Waals surface area contributed by atoms with Crippen molar-refractivity contribution in [2.45, 2.75) is 6.42 Å². The molecular formula is C14H20N2O6S. The third kappa shape index (κ3) is 5.87. The number of ether oxygens (including phenoxy) is 1. The molecule has 0 saturated carbocycles. The molecule has 1 aromatic rings. The van der Waals surface area contributed by atoms with Crippen LogP contribution in [0.15, 0.2) is 18.2 Å². The fraction of sp³-hybridized carbons (Fsp3) is 0.429. The Hall–Kier alpha value is -2.13. The normalized spacial score (nSPS) is 11.3. The maximum absolute atomic E-state index is 11.7. The average Bonchev–Trinajstić information content (AvgIpc) is 2.46. The Bertz CT molecular complexity index is 687. The largest absolute Gasteiger partial charge is 0.496 e. The van der Waals surface area contributed by atoms with Crippen LogP contribution in [0.2, 0.25) is 0 Å². The number of carboxylic acid groups (broad SMARTS) is 1. The molecule has 0 bridgehead atoms. The third-order valence-electron chi connectivity index (χ3n) is 3.18. The lowest BCUT2D eigenvalue weighted by Gasteiger charge is -2.14. The number of carboxylic acids is 1. The summed E-state index contributed by atoms with van der Waals surface area (Å²) in [4.78, 5) is 22.6. The zero-order chi connectivity index (χ0) is 17.6. The molecule has 0 aliphatic rings. The summed E-state index contributed by atoms with van der Waals surface area (Å²) in [5.74, 6) is -1.04. The summed E-state index contributed by atoms with van der Waals surface area (Å²) in [5.41, 5.74) is 0.860. The first-order valence-corrected chi connectivity index (χ1v) is 8.58. The molecule has 0 aromatic heterocycles. The molecule has 1 amide bonds. The molecule has 1 rings (SSSR count). The molecule has 1 aromatic carbocycles. The van der Waals surface area contributed by atoms with Gasteiger partial charge in [0.25, 0.3) is 0 Å². The highest BCUT2D eigenvalue weighted by Gasteiger charge is 2.15. The van der Waals surface area contributed by atoms with Crippen molar-refractivity contribution in [3.63, 3.8) is 0 Å². The smallest absolute Gasteiger partial charge is 0.335 e. The highest BCUT2D eigenvalue weighted by Crippen LogP contribution is 2.20. The van der Waals surface area contributed by atoms with E-state index in [9.17, 15) is 18.0 Å². The minimum atomic E-state index is -3.40. The van der Waals surface area contributed by atoms with Crippen LogP contribution < -0.4 is 10.1 Å². The summed E-state index contributed by atoms with van der Waals surface area (Å²) in [6.07, 6.45) is 1.45. The van der Waals surface area contributed by atoms with Crippen molar-refractivity contribution >= 4 is 21.9 Å². The van der Waals surface area contributed by atoms with Crippen LogP contribution in [0.1, 0.15) is 15.9 Å². The Morgan fingerprint density at radius 3 is 2.52 bits per heavy atom. The van der Waals surface area contributed by atoms with E-state index >= 15 is 0 Å². The molecule has 0 heterocycles. The average molecular weight is 344 g/mol. The summed E-state index contributed by atoms with van der Waals surface area (Å²) in [5, 5.41) is 11.5. The number of hydrogen-bond donors (Lipinski definition) is 2. The number of aromatic carboxylic acids is 1. The van der Waals surface area contributed by atoms with Gasteiger partial charge in [-0.05, 0) is 24.1 Å². The lowest BCUT2D eigenvalue weighted by molar-refractivity contribution is -0.121. The van der Waals surface area contributed by atoms with Crippen LogP contribution in [-0.4, -0.2) is 63.2 Å². The molecule has 2 N–H and O–H groups in total. The van der Waals surface area contributed by atoms with Crippen LogP contribution in [0, 0.1) is 0 Å². The number of benzene rings is 1. The molecule has 0 radical (unpaired) electrons. The zero-order valence-corrected chi connectivity index (χ0v) is 14.0. The van der Waals surface area contributed by atoms with Crippen LogP contribution >= 0.6 is 0 Å². The SMILES string of the molecule is COc1cc(C(=O)O)ccc1CCNC(=O)CN(C)S(C)(=O)=O. The van der Waals surface area contributed by atoms with Gasteiger partial charge in [0.05, 0.1) is 25.5 Å². The van der Waals surface area contributed by atoms with Crippen molar-refractivity contribution < 1.29 is 27.9 Å². The van der Waals surface area contributed by atoms with E-state index < -0.39 is 21.9 Å². The first kappa shape index (κ1) is 18.9.